The van der Waals surface area contributed by atoms with Crippen LogP contribution in [0.2, 0.25) is 0 Å². The standard InChI is InChI=1S/C11H24N2O2/c1-8(2)7-15-6-5-13-11(14)9(3)10(4)12/h8-10H,5-7,12H2,1-4H3,(H,13,14). The van der Waals surface area contributed by atoms with Crippen molar-refractivity contribution >= 4 is 5.91 Å². The third-order valence-corrected chi connectivity index (χ3v) is 2.20. The van der Waals surface area contributed by atoms with Crippen LogP contribution in [0.5, 0.6) is 0 Å². The van der Waals surface area contributed by atoms with Crippen molar-refractivity contribution in [2.45, 2.75) is 33.7 Å². The number of hydrogen-bond donors (Lipinski definition) is 2. The summed E-state index contributed by atoms with van der Waals surface area (Å²) in [5, 5.41) is 2.79. The van der Waals surface area contributed by atoms with Gasteiger partial charge in [-0.2, -0.15) is 0 Å². The number of nitrogens with one attached hydrogen (secondary N) is 1. The summed E-state index contributed by atoms with van der Waals surface area (Å²) in [5.41, 5.74) is 5.61. The summed E-state index contributed by atoms with van der Waals surface area (Å²) >= 11 is 0. The third kappa shape index (κ3) is 7.33. The fourth-order valence-corrected chi connectivity index (χ4v) is 0.965. The van der Waals surface area contributed by atoms with Gasteiger partial charge in [0.2, 0.25) is 5.91 Å². The van der Waals surface area contributed by atoms with Gasteiger partial charge in [-0.25, -0.2) is 0 Å². The summed E-state index contributed by atoms with van der Waals surface area (Å²) in [5.74, 6) is 0.386. The van der Waals surface area contributed by atoms with Crippen LogP contribution in [0.15, 0.2) is 0 Å². The number of amides is 1. The topological polar surface area (TPSA) is 64.3 Å². The van der Waals surface area contributed by atoms with E-state index in [1.807, 2.05) is 13.8 Å². The molecular formula is C11H24N2O2. The van der Waals surface area contributed by atoms with Gasteiger partial charge in [-0.15, -0.1) is 0 Å². The zero-order valence-corrected chi connectivity index (χ0v) is 10.2. The second kappa shape index (κ2) is 7.65. The summed E-state index contributed by atoms with van der Waals surface area (Å²) in [6.45, 7) is 9.71. The van der Waals surface area contributed by atoms with E-state index in [4.69, 9.17) is 10.5 Å². The van der Waals surface area contributed by atoms with Crippen LogP contribution < -0.4 is 11.1 Å². The predicted molar refractivity (Wildman–Crippen MR) is 61.5 cm³/mol. The smallest absolute Gasteiger partial charge is 0.224 e. The summed E-state index contributed by atoms with van der Waals surface area (Å²) in [6, 6.07) is -0.110. The molecule has 0 fully saturated rings. The fraction of sp³-hybridized carbons (Fsp3) is 0.909. The van der Waals surface area contributed by atoms with Crippen LogP contribution in [0, 0.1) is 11.8 Å². The molecule has 0 aliphatic heterocycles. The maximum atomic E-state index is 11.4. The monoisotopic (exact) mass is 216 g/mol. The van der Waals surface area contributed by atoms with E-state index >= 15 is 0 Å². The van der Waals surface area contributed by atoms with Crippen LogP contribution in [0.3, 0.4) is 0 Å². The molecule has 90 valence electrons. The van der Waals surface area contributed by atoms with Gasteiger partial charge in [-0.05, 0) is 12.8 Å². The highest BCUT2D eigenvalue weighted by Gasteiger charge is 2.15. The lowest BCUT2D eigenvalue weighted by Gasteiger charge is -2.15. The molecular weight excluding hydrogens is 192 g/mol. The van der Waals surface area contributed by atoms with Crippen molar-refractivity contribution in [2.24, 2.45) is 17.6 Å². The van der Waals surface area contributed by atoms with E-state index in [9.17, 15) is 4.79 Å². The maximum Gasteiger partial charge on any atom is 0.224 e. The van der Waals surface area contributed by atoms with E-state index in [0.29, 0.717) is 19.1 Å². The van der Waals surface area contributed by atoms with Crippen LogP contribution in [0.4, 0.5) is 0 Å². The number of rotatable bonds is 7. The van der Waals surface area contributed by atoms with Gasteiger partial charge in [0.25, 0.3) is 0 Å². The van der Waals surface area contributed by atoms with Gasteiger partial charge in [0.05, 0.1) is 6.61 Å². The first-order valence-corrected chi connectivity index (χ1v) is 5.56. The lowest BCUT2D eigenvalue weighted by Crippen LogP contribution is -2.39. The SMILES string of the molecule is CC(C)COCCNC(=O)C(C)C(C)N. The fourth-order valence-electron chi connectivity index (χ4n) is 0.965. The molecule has 0 aromatic heterocycles. The van der Waals surface area contributed by atoms with Gasteiger partial charge in [0, 0.05) is 25.1 Å². The molecule has 3 N–H and O–H groups in total. The molecule has 4 heteroatoms. The molecule has 0 aromatic rings. The Balaban J connectivity index is 3.47. The second-order valence-electron chi connectivity index (χ2n) is 4.41. The summed E-state index contributed by atoms with van der Waals surface area (Å²) in [6.07, 6.45) is 0. The Labute approximate surface area is 92.6 Å². The van der Waals surface area contributed by atoms with E-state index in [0.717, 1.165) is 6.61 Å². The zero-order valence-electron chi connectivity index (χ0n) is 10.2. The average molecular weight is 216 g/mol. The van der Waals surface area contributed by atoms with E-state index in [2.05, 4.69) is 19.2 Å². The Bertz CT molecular complexity index is 181. The maximum absolute atomic E-state index is 11.4. The molecule has 0 saturated heterocycles. The summed E-state index contributed by atoms with van der Waals surface area (Å²) < 4.78 is 5.34. The number of carbonyl (C=O) groups is 1. The highest BCUT2D eigenvalue weighted by atomic mass is 16.5. The van der Waals surface area contributed by atoms with E-state index < -0.39 is 0 Å². The minimum atomic E-state index is -0.143. The predicted octanol–water partition coefficient (Wildman–Crippen LogP) is 0.759. The van der Waals surface area contributed by atoms with Gasteiger partial charge >= 0.3 is 0 Å². The molecule has 0 spiro atoms. The molecule has 4 nitrogen and oxygen atoms in total. The van der Waals surface area contributed by atoms with Crippen LogP contribution >= 0.6 is 0 Å². The van der Waals surface area contributed by atoms with Crippen molar-refractivity contribution in [3.63, 3.8) is 0 Å². The minimum absolute atomic E-state index is 0.00172. The lowest BCUT2D eigenvalue weighted by molar-refractivity contribution is -0.125. The second-order valence-corrected chi connectivity index (χ2v) is 4.41. The highest BCUT2D eigenvalue weighted by Crippen LogP contribution is 1.98. The lowest BCUT2D eigenvalue weighted by atomic mass is 10.0. The molecule has 0 radical (unpaired) electrons. The van der Waals surface area contributed by atoms with Gasteiger partial charge in [-0.3, -0.25) is 4.79 Å². The van der Waals surface area contributed by atoms with Gasteiger partial charge in [0.1, 0.15) is 0 Å². The quantitative estimate of drug-likeness (QED) is 0.617. The highest BCUT2D eigenvalue weighted by molar-refractivity contribution is 5.78. The third-order valence-electron chi connectivity index (χ3n) is 2.20. The Kier molecular flexibility index (Phi) is 7.34. The number of ether oxygens (including phenoxy) is 1. The van der Waals surface area contributed by atoms with Crippen molar-refractivity contribution in [3.05, 3.63) is 0 Å². The molecule has 0 saturated carbocycles. The molecule has 0 bridgehead atoms. The first-order chi connectivity index (χ1) is 6.95. The number of hydrogen-bond acceptors (Lipinski definition) is 3. The minimum Gasteiger partial charge on any atom is -0.379 e. The Hall–Kier alpha value is -0.610. The van der Waals surface area contributed by atoms with Crippen molar-refractivity contribution in [1.82, 2.24) is 5.32 Å². The largest absolute Gasteiger partial charge is 0.379 e. The number of nitrogens with two attached hydrogens (primary N) is 1. The first-order valence-electron chi connectivity index (χ1n) is 5.56. The van der Waals surface area contributed by atoms with Crippen LogP contribution in [-0.4, -0.2) is 31.7 Å². The van der Waals surface area contributed by atoms with Gasteiger partial charge < -0.3 is 15.8 Å². The van der Waals surface area contributed by atoms with Crippen molar-refractivity contribution in [2.75, 3.05) is 19.8 Å². The molecule has 15 heavy (non-hydrogen) atoms. The molecule has 0 heterocycles. The Morgan fingerprint density at radius 1 is 1.33 bits per heavy atom. The van der Waals surface area contributed by atoms with Crippen LogP contribution in [0.1, 0.15) is 27.7 Å². The summed E-state index contributed by atoms with van der Waals surface area (Å²) in [4.78, 5) is 11.4. The zero-order chi connectivity index (χ0) is 11.8. The molecule has 0 aromatic carbocycles. The molecule has 1 amide bonds. The van der Waals surface area contributed by atoms with Crippen LogP contribution in [0.25, 0.3) is 0 Å². The van der Waals surface area contributed by atoms with Crippen molar-refractivity contribution in [1.29, 1.82) is 0 Å². The van der Waals surface area contributed by atoms with Crippen molar-refractivity contribution < 1.29 is 9.53 Å². The Morgan fingerprint density at radius 3 is 2.40 bits per heavy atom. The summed E-state index contributed by atoms with van der Waals surface area (Å²) in [7, 11) is 0. The van der Waals surface area contributed by atoms with Gasteiger partial charge in [0.15, 0.2) is 0 Å². The van der Waals surface area contributed by atoms with E-state index in [1.54, 1.807) is 0 Å². The van der Waals surface area contributed by atoms with Crippen LogP contribution in [-0.2, 0) is 9.53 Å². The molecule has 0 rings (SSSR count). The first kappa shape index (κ1) is 14.4. The number of carbonyl (C=O) groups excluding carboxylic acids is 1. The molecule has 2 atom stereocenters. The van der Waals surface area contributed by atoms with Crippen molar-refractivity contribution in [3.8, 4) is 0 Å². The molecule has 2 unspecified atom stereocenters. The normalized spacial score (nSPS) is 15.1. The average Bonchev–Trinajstić information content (AvgIpc) is 2.15. The molecule has 0 aliphatic carbocycles. The van der Waals surface area contributed by atoms with E-state index in [-0.39, 0.29) is 17.9 Å². The van der Waals surface area contributed by atoms with E-state index in [1.165, 1.54) is 0 Å². The Morgan fingerprint density at radius 2 is 1.93 bits per heavy atom. The molecule has 0 aliphatic rings. The van der Waals surface area contributed by atoms with Gasteiger partial charge in [-0.1, -0.05) is 20.8 Å².